The average molecular weight is 318 g/mol. The number of aromatic hydroxyl groups is 2. The van der Waals surface area contributed by atoms with E-state index in [1.165, 1.54) is 25.3 Å². The molecule has 6 nitrogen and oxygen atoms in total. The molecule has 2 rings (SSSR count). The van der Waals surface area contributed by atoms with Gasteiger partial charge in [0.15, 0.2) is 11.4 Å². The fourth-order valence-electron chi connectivity index (χ4n) is 2.43. The lowest BCUT2D eigenvalue weighted by atomic mass is 9.99. The van der Waals surface area contributed by atoms with Crippen LogP contribution in [0.2, 0.25) is 0 Å². The molecule has 0 saturated carbocycles. The minimum Gasteiger partial charge on any atom is -0.507 e. The molecule has 0 radical (unpaired) electrons. The largest absolute Gasteiger partial charge is 0.507 e. The molecule has 0 fully saturated rings. The van der Waals surface area contributed by atoms with Crippen molar-refractivity contribution >= 4 is 16.8 Å². The fourth-order valence-corrected chi connectivity index (χ4v) is 2.43. The summed E-state index contributed by atoms with van der Waals surface area (Å²) in [5.74, 6) is -1.22. The summed E-state index contributed by atoms with van der Waals surface area (Å²) in [6.45, 7) is 2.16. The molecule has 0 aliphatic carbocycles. The van der Waals surface area contributed by atoms with Crippen LogP contribution in [0.5, 0.6) is 11.5 Å². The van der Waals surface area contributed by atoms with E-state index >= 15 is 0 Å². The Hall–Kier alpha value is -2.60. The van der Waals surface area contributed by atoms with Gasteiger partial charge in [0.05, 0.1) is 12.0 Å². The molecule has 0 bridgehead atoms. The summed E-state index contributed by atoms with van der Waals surface area (Å²) in [6.07, 6.45) is 3.99. The number of ketones is 1. The Kier molecular flexibility index (Phi) is 5.18. The monoisotopic (exact) mass is 318 g/mol. The van der Waals surface area contributed by atoms with Crippen molar-refractivity contribution in [3.63, 3.8) is 0 Å². The van der Waals surface area contributed by atoms with Crippen LogP contribution in [0.3, 0.4) is 0 Å². The lowest BCUT2D eigenvalue weighted by Crippen LogP contribution is -2.05. The van der Waals surface area contributed by atoms with Crippen LogP contribution in [0.15, 0.2) is 33.5 Å². The Labute approximate surface area is 132 Å². The van der Waals surface area contributed by atoms with E-state index in [-0.39, 0.29) is 28.9 Å². The van der Waals surface area contributed by atoms with Gasteiger partial charge < -0.3 is 19.4 Å². The van der Waals surface area contributed by atoms with E-state index in [1.54, 1.807) is 0 Å². The van der Waals surface area contributed by atoms with E-state index < -0.39 is 17.2 Å². The van der Waals surface area contributed by atoms with E-state index in [9.17, 15) is 19.8 Å². The van der Waals surface area contributed by atoms with Crippen molar-refractivity contribution in [2.45, 2.75) is 19.8 Å². The number of ether oxygens (including phenoxy) is 1. The minimum atomic E-state index is -0.638. The van der Waals surface area contributed by atoms with Crippen LogP contribution in [-0.2, 0) is 11.2 Å². The summed E-state index contributed by atoms with van der Waals surface area (Å²) in [6, 6.07) is 2.37. The van der Waals surface area contributed by atoms with Crippen LogP contribution in [0, 0.1) is 0 Å². The molecule has 1 heterocycles. The number of hydrogen-bond donors (Lipinski definition) is 2. The normalized spacial score (nSPS) is 11.4. The molecule has 0 spiro atoms. The average Bonchev–Trinajstić information content (AvgIpc) is 2.46. The lowest BCUT2D eigenvalue weighted by Gasteiger charge is -2.10. The summed E-state index contributed by atoms with van der Waals surface area (Å²) in [4.78, 5) is 24.1. The van der Waals surface area contributed by atoms with Gasteiger partial charge in [0.1, 0.15) is 17.1 Å². The highest BCUT2D eigenvalue weighted by Crippen LogP contribution is 2.36. The van der Waals surface area contributed by atoms with Crippen molar-refractivity contribution in [2.24, 2.45) is 0 Å². The highest BCUT2D eigenvalue weighted by atomic mass is 16.5. The van der Waals surface area contributed by atoms with Gasteiger partial charge in [0.25, 0.3) is 0 Å². The molecule has 0 amide bonds. The Morgan fingerprint density at radius 3 is 2.70 bits per heavy atom. The first-order valence-corrected chi connectivity index (χ1v) is 7.21. The van der Waals surface area contributed by atoms with Gasteiger partial charge in [-0.2, -0.15) is 0 Å². The van der Waals surface area contributed by atoms with Gasteiger partial charge >= 0.3 is 5.63 Å². The highest BCUT2D eigenvalue weighted by Gasteiger charge is 2.21. The van der Waals surface area contributed by atoms with Crippen molar-refractivity contribution in [3.8, 4) is 11.5 Å². The van der Waals surface area contributed by atoms with Gasteiger partial charge in [0.2, 0.25) is 0 Å². The Morgan fingerprint density at radius 1 is 1.30 bits per heavy atom. The first kappa shape index (κ1) is 16.8. The van der Waals surface area contributed by atoms with Crippen molar-refractivity contribution in [1.82, 2.24) is 0 Å². The second kappa shape index (κ2) is 7.11. The summed E-state index contributed by atoms with van der Waals surface area (Å²) in [5, 5.41) is 20.4. The first-order valence-electron chi connectivity index (χ1n) is 7.21. The van der Waals surface area contributed by atoms with Crippen LogP contribution in [-0.4, -0.2) is 29.7 Å². The maximum atomic E-state index is 12.3. The molecule has 0 aliphatic heterocycles. The van der Waals surface area contributed by atoms with Gasteiger partial charge in [-0.25, -0.2) is 4.79 Å². The number of hydrogen-bond acceptors (Lipinski definition) is 6. The molecule has 23 heavy (non-hydrogen) atoms. The summed E-state index contributed by atoms with van der Waals surface area (Å²) >= 11 is 0. The molecule has 0 saturated heterocycles. The second-order valence-corrected chi connectivity index (χ2v) is 5.06. The second-order valence-electron chi connectivity index (χ2n) is 5.06. The minimum absolute atomic E-state index is 0.106. The number of fused-ring (bicyclic) bond motifs is 1. The van der Waals surface area contributed by atoms with Crippen LogP contribution in [0.25, 0.3) is 11.0 Å². The molecular weight excluding hydrogens is 300 g/mol. The quantitative estimate of drug-likeness (QED) is 0.482. The van der Waals surface area contributed by atoms with Crippen LogP contribution >= 0.6 is 0 Å². The molecule has 0 unspecified atom stereocenters. The molecular formula is C17H18O6. The molecule has 1 aromatic carbocycles. The molecule has 6 heteroatoms. The van der Waals surface area contributed by atoms with E-state index in [1.807, 2.05) is 6.92 Å². The maximum Gasteiger partial charge on any atom is 0.336 e. The van der Waals surface area contributed by atoms with Crippen molar-refractivity contribution < 1.29 is 24.2 Å². The Balaban J connectivity index is 2.74. The third-order valence-electron chi connectivity index (χ3n) is 3.35. The van der Waals surface area contributed by atoms with Crippen LogP contribution < -0.4 is 5.63 Å². The molecule has 0 atom stereocenters. The summed E-state index contributed by atoms with van der Waals surface area (Å²) in [5.41, 5.74) is -0.322. The molecule has 2 aromatic rings. The number of aryl methyl sites for hydroxylation is 1. The lowest BCUT2D eigenvalue weighted by molar-refractivity contribution is 0.104. The predicted octanol–water partition coefficient (Wildman–Crippen LogP) is 2.54. The standard InChI is InChI=1S/C17H18O6/c1-3-5-10-8-14(21)23-17-15(10)12(19)9-13(20)16(17)11(18)6-4-7-22-2/h4,6,8-9,19-20H,3,5,7H2,1-2H3/b6-4+. The number of allylic oxidation sites excluding steroid dienone is 1. The Morgan fingerprint density at radius 2 is 2.04 bits per heavy atom. The molecule has 0 aliphatic rings. The van der Waals surface area contributed by atoms with E-state index in [0.29, 0.717) is 12.0 Å². The zero-order valence-electron chi connectivity index (χ0n) is 13.0. The molecule has 2 N–H and O–H groups in total. The van der Waals surface area contributed by atoms with E-state index in [0.717, 1.165) is 12.5 Å². The van der Waals surface area contributed by atoms with E-state index in [4.69, 9.17) is 9.15 Å². The number of rotatable bonds is 6. The first-order chi connectivity index (χ1) is 11.0. The van der Waals surface area contributed by atoms with Crippen LogP contribution in [0.1, 0.15) is 29.3 Å². The zero-order chi connectivity index (χ0) is 17.0. The van der Waals surface area contributed by atoms with Gasteiger partial charge in [-0.1, -0.05) is 19.4 Å². The number of phenols is 2. The van der Waals surface area contributed by atoms with Crippen molar-refractivity contribution in [3.05, 3.63) is 45.8 Å². The fraction of sp³-hybridized carbons (Fsp3) is 0.294. The SMILES string of the molecule is CCCc1cc(=O)oc2c(C(=O)/C=C/COC)c(O)cc(O)c12. The third-order valence-corrected chi connectivity index (χ3v) is 3.35. The van der Waals surface area contributed by atoms with Gasteiger partial charge in [-0.15, -0.1) is 0 Å². The predicted molar refractivity (Wildman–Crippen MR) is 85.2 cm³/mol. The maximum absolute atomic E-state index is 12.3. The smallest absolute Gasteiger partial charge is 0.336 e. The van der Waals surface area contributed by atoms with Crippen molar-refractivity contribution in [1.29, 1.82) is 0 Å². The number of benzene rings is 1. The van der Waals surface area contributed by atoms with Gasteiger partial charge in [0, 0.05) is 19.2 Å². The van der Waals surface area contributed by atoms with Crippen LogP contribution in [0.4, 0.5) is 0 Å². The number of methoxy groups -OCH3 is 1. The zero-order valence-corrected chi connectivity index (χ0v) is 13.0. The molecule has 122 valence electrons. The van der Waals surface area contributed by atoms with Gasteiger partial charge in [-0.05, 0) is 18.1 Å². The van der Waals surface area contributed by atoms with Gasteiger partial charge in [-0.3, -0.25) is 4.79 Å². The molecule has 1 aromatic heterocycles. The van der Waals surface area contributed by atoms with E-state index in [2.05, 4.69) is 0 Å². The number of phenolic OH excluding ortho intramolecular Hbond substituents is 2. The topological polar surface area (TPSA) is 97.0 Å². The number of carbonyl (C=O) groups is 1. The third kappa shape index (κ3) is 3.43. The summed E-state index contributed by atoms with van der Waals surface area (Å²) < 4.78 is 9.93. The Bertz CT molecular complexity index is 816. The number of carbonyl (C=O) groups excluding carboxylic acids is 1. The highest BCUT2D eigenvalue weighted by molar-refractivity contribution is 6.15. The summed E-state index contributed by atoms with van der Waals surface area (Å²) in [7, 11) is 1.48. The van der Waals surface area contributed by atoms with Crippen molar-refractivity contribution in [2.75, 3.05) is 13.7 Å².